The van der Waals surface area contributed by atoms with Gasteiger partial charge >= 0.3 is 0 Å². The van der Waals surface area contributed by atoms with Crippen LogP contribution in [0.2, 0.25) is 0 Å². The fraction of sp³-hybridized carbons (Fsp3) is 0. The van der Waals surface area contributed by atoms with Gasteiger partial charge in [-0.05, 0) is 99.9 Å². The molecule has 0 N–H and O–H groups in total. The van der Waals surface area contributed by atoms with Crippen molar-refractivity contribution in [3.05, 3.63) is 212 Å². The van der Waals surface area contributed by atoms with Crippen molar-refractivity contribution in [1.29, 1.82) is 0 Å². The minimum absolute atomic E-state index is 0.00703. The molecule has 0 atom stereocenters. The Hall–Kier alpha value is -7.62. The zero-order valence-electron chi connectivity index (χ0n) is 49.4. The first kappa shape index (κ1) is 18.3. The fourth-order valence-electron chi connectivity index (χ4n) is 6.99. The number of fused-ring (bicyclic) bond motifs is 6. The molecular weight excluding hydrogens is 695 g/mol. The van der Waals surface area contributed by atoms with E-state index < -0.39 is 155 Å². The van der Waals surface area contributed by atoms with Gasteiger partial charge in [0.2, 0.25) is 0 Å². The molecule has 0 aliphatic carbocycles. The van der Waals surface area contributed by atoms with Crippen LogP contribution in [0, 0.1) is 0 Å². The van der Waals surface area contributed by atoms with Crippen LogP contribution in [0.5, 0.6) is 0 Å². The topological polar surface area (TPSA) is 29.5 Å². The summed E-state index contributed by atoms with van der Waals surface area (Å²) < 4.78 is 192. The van der Waals surface area contributed by atoms with E-state index in [9.17, 15) is 11.0 Å². The lowest BCUT2D eigenvalue weighted by atomic mass is 9.94. The molecule has 3 heteroatoms. The first-order chi connectivity index (χ1) is 36.6. The van der Waals surface area contributed by atoms with Gasteiger partial charge in [0.15, 0.2) is 0 Å². The van der Waals surface area contributed by atoms with Gasteiger partial charge in [0, 0.05) is 49.7 Å². The van der Waals surface area contributed by atoms with E-state index in [1.54, 1.807) is 12.1 Å². The van der Waals surface area contributed by atoms with Crippen molar-refractivity contribution in [2.45, 2.75) is 0 Å². The van der Waals surface area contributed by atoms with Crippen molar-refractivity contribution < 1.29 is 36.2 Å². The molecule has 0 amide bonds. The normalized spacial score (nSPS) is 16.4. The van der Waals surface area contributed by atoms with Crippen molar-refractivity contribution in [2.24, 2.45) is 0 Å². The summed E-state index contributed by atoms with van der Waals surface area (Å²) in [5.74, 6) is 0. The highest BCUT2D eigenvalue weighted by molar-refractivity contribution is 6.14. The molecule has 3 nitrogen and oxygen atoms in total. The molecule has 0 saturated carbocycles. The number of hydrogen-bond acceptors (Lipinski definition) is 3. The molecule has 57 heavy (non-hydrogen) atoms. The zero-order valence-corrected chi connectivity index (χ0v) is 29.4. The number of rotatable bonds is 7. The minimum Gasteiger partial charge on any atom is -0.455 e. The Morgan fingerprint density at radius 1 is 0.351 bits per heavy atom. The van der Waals surface area contributed by atoms with Crippen LogP contribution in [0.1, 0.15) is 27.4 Å². The van der Waals surface area contributed by atoms with Crippen LogP contribution in [0.4, 0.5) is 17.1 Å². The third-order valence-corrected chi connectivity index (χ3v) is 9.64. The first-order valence-corrected chi connectivity index (χ1v) is 17.7. The summed E-state index contributed by atoms with van der Waals surface area (Å²) in [7, 11) is 0. The predicted octanol–water partition coefficient (Wildman–Crippen LogP) is 15.6. The molecule has 0 saturated heterocycles. The molecule has 0 unspecified atom stereocenters. The summed E-state index contributed by atoms with van der Waals surface area (Å²) in [6.07, 6.45) is 0. The number of anilines is 3. The Morgan fingerprint density at radius 3 is 1.72 bits per heavy atom. The van der Waals surface area contributed by atoms with Crippen LogP contribution in [0.15, 0.2) is 221 Å². The summed E-state index contributed by atoms with van der Waals surface area (Å²) in [4.78, 5) is 0.482. The smallest absolute Gasteiger partial charge is 0.143 e. The Balaban J connectivity index is 1.17. The first-order valence-electron chi connectivity index (χ1n) is 27.7. The van der Waals surface area contributed by atoms with Gasteiger partial charge in [0.05, 0.1) is 27.4 Å². The molecule has 0 bridgehead atoms. The van der Waals surface area contributed by atoms with E-state index in [4.69, 9.17) is 25.3 Å². The molecule has 0 fully saturated rings. The van der Waals surface area contributed by atoms with Crippen LogP contribution in [-0.4, -0.2) is 0 Å². The van der Waals surface area contributed by atoms with E-state index in [0.717, 1.165) is 22.1 Å². The highest BCUT2D eigenvalue weighted by atomic mass is 16.3. The number of para-hydroxylation sites is 4. The van der Waals surface area contributed by atoms with E-state index in [0.29, 0.717) is 32.6 Å². The highest BCUT2D eigenvalue weighted by Crippen LogP contribution is 2.43. The molecule has 0 aliphatic heterocycles. The average molecular weight is 750 g/mol. The molecule has 11 aromatic rings. The average Bonchev–Trinajstić information content (AvgIpc) is 4.04. The maximum Gasteiger partial charge on any atom is 0.143 e. The lowest BCUT2D eigenvalue weighted by Gasteiger charge is -2.25. The summed E-state index contributed by atoms with van der Waals surface area (Å²) >= 11 is 0. The van der Waals surface area contributed by atoms with Gasteiger partial charge in [-0.15, -0.1) is 0 Å². The van der Waals surface area contributed by atoms with Crippen LogP contribution in [0.3, 0.4) is 0 Å². The molecule has 2 aromatic heterocycles. The maximum atomic E-state index is 9.61. The van der Waals surface area contributed by atoms with Gasteiger partial charge in [-0.3, -0.25) is 0 Å². The SMILES string of the molecule is [2H]c1c([2H])c([2H])c(N(c2c([2H])c([2H])c([2H])c([2H])c2[2H])c2c([2H])c([2H])c(-c3c([2H])c([2H])c4c(oc5c(-c6cc(-c7ccc(-c8ccccc8)cc7)c7oc8ccccc8c7c6)c([2H])c([2H])c([2H])c54)c3[2H])c([2H])c2[2H])c([2H])c1[2H]. The molecule has 0 spiro atoms. The van der Waals surface area contributed by atoms with Crippen LogP contribution < -0.4 is 4.90 Å². The van der Waals surface area contributed by atoms with Gasteiger partial charge in [-0.2, -0.15) is 0 Å². The summed E-state index contributed by atoms with van der Waals surface area (Å²) in [6, 6.07) is 10.8. The highest BCUT2D eigenvalue weighted by Gasteiger charge is 2.19. The third-order valence-electron chi connectivity index (χ3n) is 9.64. The maximum absolute atomic E-state index is 9.61. The second-order valence-electron chi connectivity index (χ2n) is 13.0. The molecule has 0 radical (unpaired) electrons. The van der Waals surface area contributed by atoms with Crippen LogP contribution >= 0.6 is 0 Å². The van der Waals surface area contributed by atoms with Gasteiger partial charge in [-0.1, -0.05) is 145 Å². The van der Waals surface area contributed by atoms with Crippen molar-refractivity contribution in [3.8, 4) is 44.5 Å². The Labute approximate surface area is 358 Å². The van der Waals surface area contributed by atoms with Gasteiger partial charge < -0.3 is 13.7 Å². The van der Waals surface area contributed by atoms with E-state index in [-0.39, 0.29) is 21.9 Å². The van der Waals surface area contributed by atoms with Crippen molar-refractivity contribution in [1.82, 2.24) is 0 Å². The minimum atomic E-state index is -1.07. The second kappa shape index (κ2) is 13.6. The summed E-state index contributed by atoms with van der Waals surface area (Å²) in [5, 5.41) is 0.879. The van der Waals surface area contributed by atoms with E-state index in [1.807, 2.05) is 78.9 Å². The van der Waals surface area contributed by atoms with Crippen molar-refractivity contribution >= 4 is 60.9 Å². The number of furan rings is 2. The lowest BCUT2D eigenvalue weighted by molar-refractivity contribution is 0.669. The van der Waals surface area contributed by atoms with Crippen molar-refractivity contribution in [2.75, 3.05) is 4.90 Å². The Morgan fingerprint density at radius 2 is 0.965 bits per heavy atom. The standard InChI is InChI=1S/C54H35NO2/c1-4-13-36(14-5-1)37-23-25-39(26-24-37)49-33-41(34-50-46-19-10-11-22-51(46)56-54(49)50)45-20-12-21-48-47-32-29-40(35-52(47)57-53(45)48)38-27-30-44(31-28-38)55(42-15-6-2-7-16-42)43-17-8-3-9-18-43/h1-35H/i2D,3D,6D,7D,8D,9D,12D,15D,16D,17D,18D,20D,21D,27D,28D,29D,30D,31D,32D,35D. The second-order valence-corrected chi connectivity index (χ2v) is 13.0. The van der Waals surface area contributed by atoms with Gasteiger partial charge in [0.25, 0.3) is 0 Å². The molecule has 9 aromatic carbocycles. The van der Waals surface area contributed by atoms with Crippen LogP contribution in [0.25, 0.3) is 88.4 Å². The third kappa shape index (κ3) is 5.76. The number of benzene rings is 9. The van der Waals surface area contributed by atoms with Gasteiger partial charge in [-0.25, -0.2) is 0 Å². The fourth-order valence-corrected chi connectivity index (χ4v) is 6.99. The predicted molar refractivity (Wildman–Crippen MR) is 237 cm³/mol. The summed E-state index contributed by atoms with van der Waals surface area (Å²) in [6.45, 7) is 0. The molecular formula is C54H35NO2. The van der Waals surface area contributed by atoms with E-state index >= 15 is 0 Å². The summed E-state index contributed by atoms with van der Waals surface area (Å²) in [5.41, 5.74) is -0.122. The Kier molecular flexibility index (Phi) is 4.37. The molecule has 2 heterocycles. The quantitative estimate of drug-likeness (QED) is 0.162. The van der Waals surface area contributed by atoms with Crippen molar-refractivity contribution in [3.63, 3.8) is 0 Å². The molecule has 268 valence electrons. The number of hydrogen-bond donors (Lipinski definition) is 0. The van der Waals surface area contributed by atoms with Gasteiger partial charge in [0.1, 0.15) is 22.3 Å². The molecule has 0 aliphatic rings. The van der Waals surface area contributed by atoms with E-state index in [1.165, 1.54) is 0 Å². The monoisotopic (exact) mass is 749 g/mol. The zero-order chi connectivity index (χ0) is 55.1. The lowest BCUT2D eigenvalue weighted by Crippen LogP contribution is -2.09. The number of nitrogens with zero attached hydrogens (tertiary/aromatic N) is 1. The molecule has 11 rings (SSSR count). The van der Waals surface area contributed by atoms with E-state index in [2.05, 4.69) is 0 Å². The Bertz CT molecular complexity index is 4240. The van der Waals surface area contributed by atoms with Crippen LogP contribution in [-0.2, 0) is 0 Å². The largest absolute Gasteiger partial charge is 0.455 e.